The molecule has 0 unspecified atom stereocenters. The smallest absolute Gasteiger partial charge is 0.251 e. The molecule has 2 aromatic carbocycles. The average Bonchev–Trinajstić information content (AvgIpc) is 2.71. The monoisotopic (exact) mass is 415 g/mol. The zero-order valence-corrected chi connectivity index (χ0v) is 17.9. The number of piperazine rings is 1. The second-order valence-corrected chi connectivity index (χ2v) is 9.62. The number of benzene rings is 2. The average molecular weight is 416 g/mol. The van der Waals surface area contributed by atoms with Gasteiger partial charge in [-0.2, -0.15) is 4.31 Å². The minimum atomic E-state index is -3.38. The van der Waals surface area contributed by atoms with Crippen molar-refractivity contribution in [2.45, 2.75) is 20.4 Å². The number of rotatable bonds is 7. The van der Waals surface area contributed by atoms with Crippen molar-refractivity contribution in [3.63, 3.8) is 0 Å². The lowest BCUT2D eigenvalue weighted by Gasteiger charge is -2.34. The number of sulfonamides is 1. The summed E-state index contributed by atoms with van der Waals surface area (Å²) in [6, 6.07) is 15.7. The van der Waals surface area contributed by atoms with Gasteiger partial charge in [0.25, 0.3) is 5.91 Å². The van der Waals surface area contributed by atoms with Gasteiger partial charge in [-0.05, 0) is 42.7 Å². The van der Waals surface area contributed by atoms with Crippen molar-refractivity contribution in [1.29, 1.82) is 0 Å². The van der Waals surface area contributed by atoms with Crippen molar-refractivity contribution in [2.75, 3.05) is 38.5 Å². The molecule has 156 valence electrons. The normalized spacial score (nSPS) is 15.9. The molecule has 1 heterocycles. The van der Waals surface area contributed by atoms with Crippen LogP contribution in [0.2, 0.25) is 0 Å². The predicted molar refractivity (Wildman–Crippen MR) is 115 cm³/mol. The Morgan fingerprint density at radius 2 is 1.66 bits per heavy atom. The van der Waals surface area contributed by atoms with Gasteiger partial charge in [0.2, 0.25) is 10.0 Å². The van der Waals surface area contributed by atoms with E-state index in [0.717, 1.165) is 17.7 Å². The Balaban J connectivity index is 1.45. The van der Waals surface area contributed by atoms with Crippen LogP contribution < -0.4 is 5.32 Å². The molecule has 0 radical (unpaired) electrons. The van der Waals surface area contributed by atoms with E-state index in [2.05, 4.69) is 22.3 Å². The molecule has 0 bridgehead atoms. The molecule has 3 rings (SSSR count). The molecule has 0 aliphatic carbocycles. The molecule has 29 heavy (non-hydrogen) atoms. The Morgan fingerprint density at radius 3 is 2.31 bits per heavy atom. The SMILES string of the molecule is Cc1ccc(C(=O)NCCS(=O)(=O)N2CCN(Cc3ccccc3)CC2)cc1C. The molecule has 1 fully saturated rings. The maximum atomic E-state index is 12.6. The number of nitrogens with one attached hydrogen (secondary N) is 1. The van der Waals surface area contributed by atoms with Crippen molar-refractivity contribution in [1.82, 2.24) is 14.5 Å². The summed E-state index contributed by atoms with van der Waals surface area (Å²) in [5.41, 5.74) is 3.95. The summed E-state index contributed by atoms with van der Waals surface area (Å²) >= 11 is 0. The Morgan fingerprint density at radius 1 is 0.966 bits per heavy atom. The number of carbonyl (C=O) groups is 1. The summed E-state index contributed by atoms with van der Waals surface area (Å²) in [7, 11) is -3.38. The van der Waals surface area contributed by atoms with Gasteiger partial charge in [0, 0.05) is 44.8 Å². The minimum Gasteiger partial charge on any atom is -0.351 e. The lowest BCUT2D eigenvalue weighted by atomic mass is 10.1. The molecular weight excluding hydrogens is 386 g/mol. The van der Waals surface area contributed by atoms with Gasteiger partial charge in [0.05, 0.1) is 5.75 Å². The quantitative estimate of drug-likeness (QED) is 0.753. The predicted octanol–water partition coefficient (Wildman–Crippen LogP) is 2.18. The standard InChI is InChI=1S/C22H29N3O3S/c1-18-8-9-21(16-19(18)2)22(26)23-10-15-29(27,28)25-13-11-24(12-14-25)17-20-6-4-3-5-7-20/h3-9,16H,10-15,17H2,1-2H3,(H,23,26). The van der Waals surface area contributed by atoms with Crippen LogP contribution in [0.15, 0.2) is 48.5 Å². The third kappa shape index (κ3) is 5.88. The van der Waals surface area contributed by atoms with Gasteiger partial charge in [-0.1, -0.05) is 36.4 Å². The number of carbonyl (C=O) groups excluding carboxylic acids is 1. The molecule has 2 aromatic rings. The van der Waals surface area contributed by atoms with Crippen molar-refractivity contribution < 1.29 is 13.2 Å². The first-order chi connectivity index (χ1) is 13.8. The van der Waals surface area contributed by atoms with E-state index in [1.54, 1.807) is 6.07 Å². The van der Waals surface area contributed by atoms with Crippen molar-refractivity contribution in [2.24, 2.45) is 0 Å². The third-order valence-electron chi connectivity index (χ3n) is 5.39. The van der Waals surface area contributed by atoms with Gasteiger partial charge in [0.15, 0.2) is 0 Å². The van der Waals surface area contributed by atoms with Crippen LogP contribution >= 0.6 is 0 Å². The minimum absolute atomic E-state index is 0.0811. The van der Waals surface area contributed by atoms with Crippen LogP contribution in [-0.2, 0) is 16.6 Å². The largest absolute Gasteiger partial charge is 0.351 e. The highest BCUT2D eigenvalue weighted by atomic mass is 32.2. The van der Waals surface area contributed by atoms with Gasteiger partial charge in [0.1, 0.15) is 0 Å². The molecule has 7 heteroatoms. The Labute approximate surface area is 173 Å². The number of hydrogen-bond acceptors (Lipinski definition) is 4. The maximum Gasteiger partial charge on any atom is 0.251 e. The molecule has 1 N–H and O–H groups in total. The first kappa shape index (κ1) is 21.5. The summed E-state index contributed by atoms with van der Waals surface area (Å²) < 4.78 is 26.8. The Kier molecular flexibility index (Phi) is 7.05. The second kappa shape index (κ2) is 9.52. The molecular formula is C22H29N3O3S. The fourth-order valence-electron chi connectivity index (χ4n) is 3.41. The highest BCUT2D eigenvalue weighted by molar-refractivity contribution is 7.89. The highest BCUT2D eigenvalue weighted by Gasteiger charge is 2.26. The molecule has 1 aliphatic rings. The summed E-state index contributed by atoms with van der Waals surface area (Å²) in [4.78, 5) is 14.5. The fourth-order valence-corrected chi connectivity index (χ4v) is 4.75. The van der Waals surface area contributed by atoms with Crippen molar-refractivity contribution in [3.8, 4) is 0 Å². The Bertz CT molecular complexity index is 937. The molecule has 1 saturated heterocycles. The molecule has 0 spiro atoms. The van der Waals surface area contributed by atoms with Crippen LogP contribution in [0.25, 0.3) is 0 Å². The maximum absolute atomic E-state index is 12.6. The molecule has 6 nitrogen and oxygen atoms in total. The summed E-state index contributed by atoms with van der Waals surface area (Å²) in [5.74, 6) is -0.321. The number of aryl methyl sites for hydroxylation is 2. The zero-order valence-electron chi connectivity index (χ0n) is 17.1. The molecule has 1 amide bonds. The van der Waals surface area contributed by atoms with Crippen LogP contribution in [0.4, 0.5) is 0 Å². The van der Waals surface area contributed by atoms with E-state index >= 15 is 0 Å². The second-order valence-electron chi connectivity index (χ2n) is 7.53. The summed E-state index contributed by atoms with van der Waals surface area (Å²) in [5, 5.41) is 2.73. The van der Waals surface area contributed by atoms with Gasteiger partial charge >= 0.3 is 0 Å². The van der Waals surface area contributed by atoms with E-state index in [4.69, 9.17) is 0 Å². The highest BCUT2D eigenvalue weighted by Crippen LogP contribution is 2.12. The van der Waals surface area contributed by atoms with E-state index in [1.165, 1.54) is 9.87 Å². The number of amides is 1. The zero-order chi connectivity index (χ0) is 20.9. The van der Waals surface area contributed by atoms with E-state index in [1.807, 2.05) is 44.2 Å². The third-order valence-corrected chi connectivity index (χ3v) is 7.26. The fraction of sp³-hybridized carbons (Fsp3) is 0.409. The Hall–Kier alpha value is -2.22. The first-order valence-electron chi connectivity index (χ1n) is 9.95. The van der Waals surface area contributed by atoms with Crippen LogP contribution in [-0.4, -0.2) is 62.0 Å². The summed E-state index contributed by atoms with van der Waals surface area (Å²) in [6.45, 7) is 7.28. The van der Waals surface area contributed by atoms with Crippen LogP contribution in [0.3, 0.4) is 0 Å². The van der Waals surface area contributed by atoms with E-state index in [9.17, 15) is 13.2 Å². The van der Waals surface area contributed by atoms with Crippen LogP contribution in [0.5, 0.6) is 0 Å². The molecule has 0 aromatic heterocycles. The van der Waals surface area contributed by atoms with E-state index in [-0.39, 0.29) is 18.2 Å². The van der Waals surface area contributed by atoms with E-state index in [0.29, 0.717) is 31.7 Å². The molecule has 1 aliphatic heterocycles. The number of hydrogen-bond donors (Lipinski definition) is 1. The van der Waals surface area contributed by atoms with Crippen LogP contribution in [0.1, 0.15) is 27.0 Å². The van der Waals surface area contributed by atoms with Crippen molar-refractivity contribution >= 4 is 15.9 Å². The molecule has 0 atom stereocenters. The van der Waals surface area contributed by atoms with Gasteiger partial charge < -0.3 is 5.32 Å². The lowest BCUT2D eigenvalue weighted by molar-refractivity contribution is 0.0956. The van der Waals surface area contributed by atoms with Gasteiger partial charge in [-0.3, -0.25) is 9.69 Å². The first-order valence-corrected chi connectivity index (χ1v) is 11.6. The van der Waals surface area contributed by atoms with E-state index < -0.39 is 10.0 Å². The van der Waals surface area contributed by atoms with Gasteiger partial charge in [-0.15, -0.1) is 0 Å². The van der Waals surface area contributed by atoms with Crippen LogP contribution in [0, 0.1) is 13.8 Å². The van der Waals surface area contributed by atoms with Gasteiger partial charge in [-0.25, -0.2) is 8.42 Å². The summed E-state index contributed by atoms with van der Waals surface area (Å²) in [6.07, 6.45) is 0. The lowest BCUT2D eigenvalue weighted by Crippen LogP contribution is -2.49. The number of nitrogens with zero attached hydrogens (tertiary/aromatic N) is 2. The molecule has 0 saturated carbocycles. The van der Waals surface area contributed by atoms with Crippen molar-refractivity contribution in [3.05, 3.63) is 70.8 Å². The topological polar surface area (TPSA) is 69.7 Å².